The molecule has 0 aliphatic carbocycles. The van der Waals surface area contributed by atoms with Crippen LogP contribution in [0.15, 0.2) is 97.1 Å². The number of methoxy groups -OCH3 is 12. The van der Waals surface area contributed by atoms with Crippen molar-refractivity contribution in [2.75, 3.05) is 85.3 Å². The van der Waals surface area contributed by atoms with Gasteiger partial charge in [-0.3, -0.25) is 9.13 Å². The molecule has 0 spiro atoms. The number of rotatable bonds is 19. The topological polar surface area (TPSA) is 146 Å². The third-order valence-corrected chi connectivity index (χ3v) is 12.5. The summed E-state index contributed by atoms with van der Waals surface area (Å²) in [6.07, 6.45) is 0. The molecule has 16 nitrogen and oxygen atoms in total. The number of aromatic nitrogens is 4. The molecule has 8 aromatic rings. The molecule has 6 aromatic carbocycles. The summed E-state index contributed by atoms with van der Waals surface area (Å²) >= 11 is 14.6. The first-order chi connectivity index (χ1) is 35.0. The summed E-state index contributed by atoms with van der Waals surface area (Å²) in [4.78, 5) is 11.2. The molecule has 0 aliphatic rings. The molecule has 374 valence electrons. The summed E-state index contributed by atoms with van der Waals surface area (Å²) in [5.41, 5.74) is 5.14. The third kappa shape index (κ3) is 8.76. The van der Waals surface area contributed by atoms with Gasteiger partial charge < -0.3 is 56.8 Å². The molecule has 0 bridgehead atoms. The highest BCUT2D eigenvalue weighted by atomic mass is 35.5. The second kappa shape index (κ2) is 21.5. The van der Waals surface area contributed by atoms with E-state index >= 15 is 0 Å². The predicted molar refractivity (Wildman–Crippen MR) is 277 cm³/mol. The predicted octanol–water partition coefficient (Wildman–Crippen LogP) is 11.8. The number of para-hydroxylation sites is 1. The van der Waals surface area contributed by atoms with Gasteiger partial charge >= 0.3 is 0 Å². The van der Waals surface area contributed by atoms with E-state index in [4.69, 9.17) is 90.0 Å². The van der Waals surface area contributed by atoms with E-state index in [0.717, 1.165) is 0 Å². The first kappa shape index (κ1) is 50.3. The van der Waals surface area contributed by atoms with Gasteiger partial charge in [-0.05, 0) is 72.8 Å². The first-order valence-electron chi connectivity index (χ1n) is 22.0. The molecule has 0 amide bonds. The number of nitrogens with zero attached hydrogens (tertiary/aromatic N) is 4. The molecule has 0 saturated carbocycles. The van der Waals surface area contributed by atoms with Gasteiger partial charge in [-0.15, -0.1) is 0 Å². The number of hydrogen-bond acceptors (Lipinski definition) is 14. The maximum absolute atomic E-state index is 7.37. The highest BCUT2D eigenvalue weighted by Crippen LogP contribution is 2.52. The molecule has 0 fully saturated rings. The normalized spacial score (nSPS) is 10.9. The molecule has 0 radical (unpaired) electrons. The van der Waals surface area contributed by atoms with Gasteiger partial charge in [0.2, 0.25) is 28.9 Å². The van der Waals surface area contributed by atoms with Crippen LogP contribution in [0.25, 0.3) is 68.1 Å². The van der Waals surface area contributed by atoms with Crippen molar-refractivity contribution in [2.45, 2.75) is 0 Å². The van der Waals surface area contributed by atoms with Gasteiger partial charge in [-0.2, -0.15) is 0 Å². The lowest BCUT2D eigenvalue weighted by molar-refractivity contribution is 0.324. The van der Waals surface area contributed by atoms with Crippen LogP contribution in [0.5, 0.6) is 69.0 Å². The molecular formula is C54H52Cl2N4O12. The van der Waals surface area contributed by atoms with Crippen LogP contribution >= 0.6 is 23.2 Å². The summed E-state index contributed by atoms with van der Waals surface area (Å²) in [7, 11) is 18.5. The minimum atomic E-state index is 0.278. The lowest BCUT2D eigenvalue weighted by atomic mass is 10.0. The zero-order chi connectivity index (χ0) is 51.4. The van der Waals surface area contributed by atoms with E-state index in [2.05, 4.69) is 0 Å². The Kier molecular flexibility index (Phi) is 15.0. The van der Waals surface area contributed by atoms with Crippen LogP contribution in [0.2, 0.25) is 10.0 Å². The fourth-order valence-corrected chi connectivity index (χ4v) is 9.10. The number of hydrogen-bond donors (Lipinski definition) is 0. The standard InChI is InChI=1S/C54H52Cl2N4O12/c1-61-37-21-29(22-38(62-2)49(37)69-9)45-48(32-27-43(67-7)52(72-12)44(28-32)68-8)60(53(57-45)33-17-13-14-18-34(33)55)54-58-46(30-23-39(63-3)50(70-10)40(24-30)64-4)47(59(54)36-20-16-15-19-35(36)56)31-25-41(65-5)51(71-11)42(26-31)66-6/h13-28H,1-12H3. The van der Waals surface area contributed by atoms with Crippen molar-refractivity contribution in [1.82, 2.24) is 19.1 Å². The quantitative estimate of drug-likeness (QED) is 0.0757. The van der Waals surface area contributed by atoms with E-state index in [1.54, 1.807) is 76.1 Å². The highest BCUT2D eigenvalue weighted by Gasteiger charge is 2.34. The fourth-order valence-electron chi connectivity index (χ4n) is 8.66. The molecule has 2 heterocycles. The molecule has 2 aromatic heterocycles. The Labute approximate surface area is 426 Å². The molecule has 18 heteroatoms. The highest BCUT2D eigenvalue weighted by molar-refractivity contribution is 6.33. The Hall–Kier alpha value is -8.08. The zero-order valence-corrected chi connectivity index (χ0v) is 43.2. The average Bonchev–Trinajstić information content (AvgIpc) is 4.01. The van der Waals surface area contributed by atoms with E-state index < -0.39 is 0 Å². The van der Waals surface area contributed by atoms with Gasteiger partial charge in [0.25, 0.3) is 0 Å². The van der Waals surface area contributed by atoms with Gasteiger partial charge in [-0.1, -0.05) is 47.5 Å². The Balaban J connectivity index is 1.69. The Morgan fingerprint density at radius 2 is 0.667 bits per heavy atom. The van der Waals surface area contributed by atoms with Crippen molar-refractivity contribution >= 4 is 23.2 Å². The van der Waals surface area contributed by atoms with Crippen LogP contribution in [0, 0.1) is 0 Å². The van der Waals surface area contributed by atoms with Gasteiger partial charge in [0.05, 0.1) is 124 Å². The van der Waals surface area contributed by atoms with Crippen molar-refractivity contribution in [1.29, 1.82) is 0 Å². The smallest absolute Gasteiger partial charge is 0.221 e. The van der Waals surface area contributed by atoms with Crippen LogP contribution < -0.4 is 56.8 Å². The minimum absolute atomic E-state index is 0.278. The number of benzene rings is 6. The monoisotopic (exact) mass is 1020 g/mol. The molecule has 8 rings (SSSR count). The Morgan fingerprint density at radius 1 is 0.347 bits per heavy atom. The SMILES string of the molecule is COc1cc(-c2nc(-c3ccccc3Cl)n(-c3nc(-c4cc(OC)c(OC)c(OC)c4)c(-c4cc(OC)c(OC)c(OC)c4)n3-c3ccccc3Cl)c2-c2cc(OC)c(OC)c(OC)c2)cc(OC)c1OC. The maximum Gasteiger partial charge on any atom is 0.221 e. The molecule has 0 unspecified atom stereocenters. The van der Waals surface area contributed by atoms with Crippen LogP contribution in [0.3, 0.4) is 0 Å². The van der Waals surface area contributed by atoms with E-state index in [9.17, 15) is 0 Å². The number of ether oxygens (including phenoxy) is 12. The fraction of sp³-hybridized carbons (Fsp3) is 0.222. The van der Waals surface area contributed by atoms with Crippen molar-refractivity contribution < 1.29 is 56.8 Å². The molecule has 0 aliphatic heterocycles. The molecule has 0 N–H and O–H groups in total. The summed E-state index contributed by atoms with van der Waals surface area (Å²) in [6.45, 7) is 0. The van der Waals surface area contributed by atoms with E-state index in [1.807, 2.05) is 94.1 Å². The second-order valence-corrected chi connectivity index (χ2v) is 16.3. The average molecular weight is 1020 g/mol. The largest absolute Gasteiger partial charge is 0.493 e. The zero-order valence-electron chi connectivity index (χ0n) is 41.7. The van der Waals surface area contributed by atoms with Crippen LogP contribution in [-0.2, 0) is 0 Å². The second-order valence-electron chi connectivity index (χ2n) is 15.5. The summed E-state index contributed by atoms with van der Waals surface area (Å²) < 4.78 is 74.8. The molecule has 0 atom stereocenters. The van der Waals surface area contributed by atoms with Crippen molar-refractivity contribution in [2.24, 2.45) is 0 Å². The Bertz CT molecular complexity index is 3200. The van der Waals surface area contributed by atoms with Crippen molar-refractivity contribution in [3.63, 3.8) is 0 Å². The van der Waals surface area contributed by atoms with Gasteiger partial charge in [0.1, 0.15) is 5.82 Å². The van der Waals surface area contributed by atoms with Crippen molar-refractivity contribution in [3.05, 3.63) is 107 Å². The van der Waals surface area contributed by atoms with Gasteiger partial charge in [0.15, 0.2) is 46.0 Å². The first-order valence-corrected chi connectivity index (χ1v) is 22.7. The third-order valence-electron chi connectivity index (χ3n) is 11.9. The number of imidazole rings is 2. The van der Waals surface area contributed by atoms with Gasteiger partial charge in [-0.25, -0.2) is 9.97 Å². The summed E-state index contributed by atoms with van der Waals surface area (Å²) in [5.74, 6) is 5.10. The lowest BCUT2D eigenvalue weighted by Crippen LogP contribution is -2.10. The lowest BCUT2D eigenvalue weighted by Gasteiger charge is -2.20. The summed E-state index contributed by atoms with van der Waals surface area (Å²) in [6, 6.07) is 29.4. The molecule has 0 saturated heterocycles. The van der Waals surface area contributed by atoms with E-state index in [1.165, 1.54) is 21.3 Å². The van der Waals surface area contributed by atoms with Crippen LogP contribution in [0.4, 0.5) is 0 Å². The van der Waals surface area contributed by atoms with Crippen LogP contribution in [0.1, 0.15) is 0 Å². The number of halogens is 2. The van der Waals surface area contributed by atoms with Gasteiger partial charge in [0, 0.05) is 27.8 Å². The Morgan fingerprint density at radius 3 is 1.01 bits per heavy atom. The van der Waals surface area contributed by atoms with Crippen LogP contribution in [-0.4, -0.2) is 104 Å². The summed E-state index contributed by atoms with van der Waals surface area (Å²) in [5, 5.41) is 0.766. The van der Waals surface area contributed by atoms with Crippen molar-refractivity contribution in [3.8, 4) is 137 Å². The van der Waals surface area contributed by atoms with E-state index in [0.29, 0.717) is 141 Å². The van der Waals surface area contributed by atoms with E-state index in [-0.39, 0.29) is 5.95 Å². The molecular weight excluding hydrogens is 968 g/mol. The molecule has 72 heavy (non-hydrogen) atoms. The minimum Gasteiger partial charge on any atom is -0.493 e. The maximum atomic E-state index is 7.37.